The van der Waals surface area contributed by atoms with Crippen molar-refractivity contribution < 1.29 is 8.42 Å². The van der Waals surface area contributed by atoms with Crippen LogP contribution in [0.25, 0.3) is 0 Å². The SMILES string of the molecule is NS(=O)(=O)N1CCN(c2cc(Cl)nc(C3CC3)n2)CC1. The van der Waals surface area contributed by atoms with Crippen LogP contribution in [0.1, 0.15) is 24.6 Å². The third-order valence-electron chi connectivity index (χ3n) is 3.56. The highest BCUT2D eigenvalue weighted by atomic mass is 35.5. The third kappa shape index (κ3) is 3.03. The summed E-state index contributed by atoms with van der Waals surface area (Å²) >= 11 is 6.04. The van der Waals surface area contributed by atoms with Crippen LogP contribution in [-0.4, -0.2) is 48.9 Å². The number of nitrogens with two attached hydrogens (primary N) is 1. The normalized spacial score (nSPS) is 21.2. The summed E-state index contributed by atoms with van der Waals surface area (Å²) in [6.07, 6.45) is 2.22. The molecule has 0 spiro atoms. The van der Waals surface area contributed by atoms with Crippen molar-refractivity contribution in [2.24, 2.45) is 5.14 Å². The largest absolute Gasteiger partial charge is 0.354 e. The van der Waals surface area contributed by atoms with Crippen molar-refractivity contribution in [3.8, 4) is 0 Å². The molecular weight excluding hydrogens is 302 g/mol. The van der Waals surface area contributed by atoms with Crippen molar-refractivity contribution >= 4 is 27.6 Å². The molecule has 0 aromatic carbocycles. The Morgan fingerprint density at radius 2 is 1.85 bits per heavy atom. The predicted octanol–water partition coefficient (Wildman–Crippen LogP) is 0.333. The molecule has 1 aromatic rings. The fourth-order valence-corrected chi connectivity index (χ4v) is 3.14. The van der Waals surface area contributed by atoms with Crippen molar-refractivity contribution in [2.45, 2.75) is 18.8 Å². The zero-order chi connectivity index (χ0) is 14.3. The summed E-state index contributed by atoms with van der Waals surface area (Å²) in [5.74, 6) is 1.99. The number of halogens is 1. The lowest BCUT2D eigenvalue weighted by Crippen LogP contribution is -2.51. The third-order valence-corrected chi connectivity index (χ3v) is 4.84. The maximum Gasteiger partial charge on any atom is 0.277 e. The van der Waals surface area contributed by atoms with Gasteiger partial charge in [0.15, 0.2) is 0 Å². The molecule has 7 nitrogen and oxygen atoms in total. The lowest BCUT2D eigenvalue weighted by molar-refractivity contribution is 0.384. The Morgan fingerprint density at radius 3 is 2.40 bits per heavy atom. The maximum atomic E-state index is 11.3. The minimum absolute atomic E-state index is 0.360. The second-order valence-electron chi connectivity index (χ2n) is 5.11. The molecule has 2 N–H and O–H groups in total. The van der Waals surface area contributed by atoms with Gasteiger partial charge in [0.1, 0.15) is 16.8 Å². The number of hydrogen-bond acceptors (Lipinski definition) is 5. The van der Waals surface area contributed by atoms with Gasteiger partial charge < -0.3 is 4.90 Å². The first-order valence-corrected chi connectivity index (χ1v) is 8.39. The van der Waals surface area contributed by atoms with Gasteiger partial charge in [-0.2, -0.15) is 12.7 Å². The molecule has 0 atom stereocenters. The summed E-state index contributed by atoms with van der Waals surface area (Å²) in [6, 6.07) is 1.72. The zero-order valence-electron chi connectivity index (χ0n) is 10.9. The quantitative estimate of drug-likeness (QED) is 0.811. The van der Waals surface area contributed by atoms with Gasteiger partial charge in [0.25, 0.3) is 10.2 Å². The Kier molecular flexibility index (Phi) is 3.57. The lowest BCUT2D eigenvalue weighted by atomic mass is 10.3. The molecule has 0 bridgehead atoms. The van der Waals surface area contributed by atoms with Crippen LogP contribution >= 0.6 is 11.6 Å². The zero-order valence-corrected chi connectivity index (χ0v) is 12.4. The topological polar surface area (TPSA) is 92.4 Å². The van der Waals surface area contributed by atoms with Gasteiger partial charge in [-0.05, 0) is 12.8 Å². The van der Waals surface area contributed by atoms with Gasteiger partial charge in [0.05, 0.1) is 0 Å². The molecule has 2 aliphatic rings. The van der Waals surface area contributed by atoms with E-state index in [4.69, 9.17) is 16.7 Å². The van der Waals surface area contributed by atoms with E-state index in [0.29, 0.717) is 37.3 Å². The van der Waals surface area contributed by atoms with Crippen LogP contribution in [0.5, 0.6) is 0 Å². The van der Waals surface area contributed by atoms with Crippen molar-refractivity contribution in [3.05, 3.63) is 17.0 Å². The summed E-state index contributed by atoms with van der Waals surface area (Å²) in [7, 11) is -3.60. The molecule has 2 heterocycles. The van der Waals surface area contributed by atoms with E-state index >= 15 is 0 Å². The predicted molar refractivity (Wildman–Crippen MR) is 75.9 cm³/mol. The molecular formula is C11H16ClN5O2S. The molecule has 0 amide bonds. The highest BCUT2D eigenvalue weighted by molar-refractivity contribution is 7.86. The van der Waals surface area contributed by atoms with Crippen LogP contribution in [0.2, 0.25) is 5.15 Å². The molecule has 0 unspecified atom stereocenters. The van der Waals surface area contributed by atoms with Gasteiger partial charge >= 0.3 is 0 Å². The summed E-state index contributed by atoms with van der Waals surface area (Å²) < 4.78 is 23.8. The molecule has 1 saturated heterocycles. The number of nitrogens with zero attached hydrogens (tertiary/aromatic N) is 4. The van der Waals surface area contributed by atoms with Gasteiger partial charge in [0.2, 0.25) is 0 Å². The molecule has 20 heavy (non-hydrogen) atoms. The van der Waals surface area contributed by atoms with E-state index in [-0.39, 0.29) is 0 Å². The molecule has 110 valence electrons. The Labute approximate surface area is 122 Å². The van der Waals surface area contributed by atoms with Crippen molar-refractivity contribution in [2.75, 3.05) is 31.1 Å². The van der Waals surface area contributed by atoms with Gasteiger partial charge in [-0.25, -0.2) is 15.1 Å². The molecule has 1 aliphatic heterocycles. The van der Waals surface area contributed by atoms with E-state index in [2.05, 4.69) is 9.97 Å². The van der Waals surface area contributed by atoms with Crippen LogP contribution < -0.4 is 10.0 Å². The Bertz CT molecular complexity index is 611. The van der Waals surface area contributed by atoms with E-state index in [1.54, 1.807) is 6.07 Å². The second-order valence-corrected chi connectivity index (χ2v) is 7.05. The fourth-order valence-electron chi connectivity index (χ4n) is 2.28. The Morgan fingerprint density at radius 1 is 1.20 bits per heavy atom. The molecule has 9 heteroatoms. The number of rotatable bonds is 3. The van der Waals surface area contributed by atoms with Crippen LogP contribution in [0.3, 0.4) is 0 Å². The van der Waals surface area contributed by atoms with E-state index in [9.17, 15) is 8.42 Å². The monoisotopic (exact) mass is 317 g/mol. The summed E-state index contributed by atoms with van der Waals surface area (Å²) in [4.78, 5) is 10.8. The highest BCUT2D eigenvalue weighted by Crippen LogP contribution is 2.39. The first kappa shape index (κ1) is 14.0. The average molecular weight is 318 g/mol. The lowest BCUT2D eigenvalue weighted by Gasteiger charge is -2.33. The Balaban J connectivity index is 1.74. The van der Waals surface area contributed by atoms with Gasteiger partial charge in [-0.1, -0.05) is 11.6 Å². The summed E-state index contributed by atoms with van der Waals surface area (Å²) in [5, 5.41) is 5.56. The van der Waals surface area contributed by atoms with Gasteiger partial charge in [-0.3, -0.25) is 0 Å². The van der Waals surface area contributed by atoms with Crippen LogP contribution in [-0.2, 0) is 10.2 Å². The standard InChI is InChI=1S/C11H16ClN5O2S/c12-9-7-10(15-11(14-9)8-1-2-8)16-3-5-17(6-4-16)20(13,18)19/h7-8H,1-6H2,(H2,13,18,19). The van der Waals surface area contributed by atoms with E-state index in [1.165, 1.54) is 4.31 Å². The van der Waals surface area contributed by atoms with E-state index < -0.39 is 10.2 Å². The Hall–Kier alpha value is -0.960. The van der Waals surface area contributed by atoms with Crippen molar-refractivity contribution in [3.63, 3.8) is 0 Å². The molecule has 1 saturated carbocycles. The van der Waals surface area contributed by atoms with E-state index in [1.807, 2.05) is 4.90 Å². The van der Waals surface area contributed by atoms with Gasteiger partial charge in [0, 0.05) is 38.2 Å². The summed E-state index contributed by atoms with van der Waals surface area (Å²) in [6.45, 7) is 1.82. The molecule has 1 aliphatic carbocycles. The minimum Gasteiger partial charge on any atom is -0.354 e. The molecule has 3 rings (SSSR count). The smallest absolute Gasteiger partial charge is 0.277 e. The first-order valence-electron chi connectivity index (χ1n) is 6.51. The van der Waals surface area contributed by atoms with Crippen molar-refractivity contribution in [1.82, 2.24) is 14.3 Å². The second kappa shape index (κ2) is 5.10. The van der Waals surface area contributed by atoms with Crippen LogP contribution in [0.15, 0.2) is 6.07 Å². The van der Waals surface area contributed by atoms with Crippen molar-refractivity contribution in [1.29, 1.82) is 0 Å². The van der Waals surface area contributed by atoms with Crippen LogP contribution in [0.4, 0.5) is 5.82 Å². The first-order chi connectivity index (χ1) is 9.43. The van der Waals surface area contributed by atoms with E-state index in [0.717, 1.165) is 24.5 Å². The maximum absolute atomic E-state index is 11.3. The number of aromatic nitrogens is 2. The summed E-state index contributed by atoms with van der Waals surface area (Å²) in [5.41, 5.74) is 0. The highest BCUT2D eigenvalue weighted by Gasteiger charge is 2.29. The fraction of sp³-hybridized carbons (Fsp3) is 0.636. The molecule has 0 radical (unpaired) electrons. The number of anilines is 1. The number of piperazine rings is 1. The molecule has 2 fully saturated rings. The minimum atomic E-state index is -3.60. The number of hydrogen-bond donors (Lipinski definition) is 1. The average Bonchev–Trinajstić information content (AvgIpc) is 3.21. The molecule has 1 aromatic heterocycles. The van der Waals surface area contributed by atoms with Gasteiger partial charge in [-0.15, -0.1) is 0 Å². The van der Waals surface area contributed by atoms with Crippen LogP contribution in [0, 0.1) is 0 Å².